The quantitative estimate of drug-likeness (QED) is 0.787. The minimum Gasteiger partial charge on any atom is -0.388 e. The van der Waals surface area contributed by atoms with Gasteiger partial charge in [-0.3, -0.25) is 0 Å². The van der Waals surface area contributed by atoms with Gasteiger partial charge in [0.15, 0.2) is 0 Å². The third kappa shape index (κ3) is 3.08. The van der Waals surface area contributed by atoms with Crippen molar-refractivity contribution in [2.75, 3.05) is 0 Å². The maximum Gasteiger partial charge on any atom is 0.0880 e. The number of aliphatic hydroxyl groups excluding tert-OH is 1. The van der Waals surface area contributed by atoms with Gasteiger partial charge >= 0.3 is 0 Å². The maximum atomic E-state index is 10.9. The fourth-order valence-corrected chi connectivity index (χ4v) is 3.32. The maximum absolute atomic E-state index is 10.9. The summed E-state index contributed by atoms with van der Waals surface area (Å²) in [7, 11) is 0. The molecule has 2 atom stereocenters. The third-order valence-electron chi connectivity index (χ3n) is 4.61. The van der Waals surface area contributed by atoms with E-state index < -0.39 is 6.10 Å². The molecule has 1 aliphatic carbocycles. The number of rotatable bonds is 5. The molecule has 2 aromatic rings. The van der Waals surface area contributed by atoms with Gasteiger partial charge in [0.05, 0.1) is 6.10 Å². The van der Waals surface area contributed by atoms with Crippen LogP contribution in [0.4, 0.5) is 0 Å². The van der Waals surface area contributed by atoms with Gasteiger partial charge in [0, 0.05) is 5.41 Å². The van der Waals surface area contributed by atoms with Gasteiger partial charge in [0.1, 0.15) is 0 Å². The summed E-state index contributed by atoms with van der Waals surface area (Å²) in [6, 6.07) is 20.6. The number of aryl methyl sites for hydroxylation is 1. The van der Waals surface area contributed by atoms with Crippen molar-refractivity contribution in [3.8, 4) is 0 Å². The Morgan fingerprint density at radius 3 is 2.24 bits per heavy atom. The molecule has 1 aliphatic rings. The number of hydrogen-bond acceptors (Lipinski definition) is 1. The van der Waals surface area contributed by atoms with Gasteiger partial charge in [0.25, 0.3) is 0 Å². The molecule has 1 nitrogen and oxygen atoms in total. The standard InChI is InChI=1S/C20H22O/c21-19(18-11-5-2-6-12-18)20(14-7-8-15-20)16-13-17-9-3-1-4-10-17/h1-7,9-12,14,19,21H,8,13,15-16H2/t19-,20+/m1/s1. The second-order valence-electron chi connectivity index (χ2n) is 5.97. The highest BCUT2D eigenvalue weighted by atomic mass is 16.3. The van der Waals surface area contributed by atoms with Crippen LogP contribution in [-0.2, 0) is 6.42 Å². The Balaban J connectivity index is 1.78. The minimum absolute atomic E-state index is 0.114. The molecular weight excluding hydrogens is 256 g/mol. The van der Waals surface area contributed by atoms with E-state index >= 15 is 0 Å². The lowest BCUT2D eigenvalue weighted by molar-refractivity contribution is 0.0509. The first-order valence-corrected chi connectivity index (χ1v) is 7.75. The summed E-state index contributed by atoms with van der Waals surface area (Å²) in [6.07, 6.45) is 8.15. The number of benzene rings is 2. The van der Waals surface area contributed by atoms with Crippen molar-refractivity contribution in [1.29, 1.82) is 0 Å². The first-order valence-electron chi connectivity index (χ1n) is 7.75. The second-order valence-corrected chi connectivity index (χ2v) is 5.97. The zero-order valence-electron chi connectivity index (χ0n) is 12.3. The Morgan fingerprint density at radius 2 is 1.62 bits per heavy atom. The highest BCUT2D eigenvalue weighted by molar-refractivity contribution is 5.25. The molecule has 0 amide bonds. The molecule has 0 heterocycles. The van der Waals surface area contributed by atoms with Gasteiger partial charge in [-0.15, -0.1) is 0 Å². The number of aliphatic hydroxyl groups is 1. The van der Waals surface area contributed by atoms with Crippen LogP contribution in [0.5, 0.6) is 0 Å². The summed E-state index contributed by atoms with van der Waals surface area (Å²) in [5.74, 6) is 0. The van der Waals surface area contributed by atoms with Crippen molar-refractivity contribution < 1.29 is 5.11 Å². The lowest BCUT2D eigenvalue weighted by atomic mass is 9.74. The zero-order chi connectivity index (χ0) is 14.5. The molecule has 0 aromatic heterocycles. The van der Waals surface area contributed by atoms with Crippen molar-refractivity contribution in [1.82, 2.24) is 0 Å². The largest absolute Gasteiger partial charge is 0.388 e. The second kappa shape index (κ2) is 6.28. The predicted molar refractivity (Wildman–Crippen MR) is 87.0 cm³/mol. The Hall–Kier alpha value is -1.86. The first-order chi connectivity index (χ1) is 10.3. The van der Waals surface area contributed by atoms with Gasteiger partial charge in [-0.1, -0.05) is 72.8 Å². The highest BCUT2D eigenvalue weighted by Crippen LogP contribution is 2.46. The molecule has 3 rings (SSSR count). The SMILES string of the molecule is O[C@H](c1ccccc1)[C@@]1(CCc2ccccc2)C=CCC1. The van der Waals surface area contributed by atoms with Gasteiger partial charge in [-0.05, 0) is 36.8 Å². The predicted octanol–water partition coefficient (Wildman–Crippen LogP) is 4.69. The molecular formula is C20H22O. The van der Waals surface area contributed by atoms with Crippen LogP contribution in [0.2, 0.25) is 0 Å². The summed E-state index contributed by atoms with van der Waals surface area (Å²) in [5.41, 5.74) is 2.26. The Morgan fingerprint density at radius 1 is 0.952 bits per heavy atom. The number of hydrogen-bond donors (Lipinski definition) is 1. The fraction of sp³-hybridized carbons (Fsp3) is 0.300. The molecule has 0 saturated carbocycles. The van der Waals surface area contributed by atoms with Crippen LogP contribution >= 0.6 is 0 Å². The number of allylic oxidation sites excluding steroid dienone is 1. The van der Waals surface area contributed by atoms with Crippen LogP contribution in [0.15, 0.2) is 72.8 Å². The van der Waals surface area contributed by atoms with Crippen LogP contribution < -0.4 is 0 Å². The van der Waals surface area contributed by atoms with Crippen LogP contribution in [-0.4, -0.2) is 5.11 Å². The zero-order valence-corrected chi connectivity index (χ0v) is 12.3. The summed E-state index contributed by atoms with van der Waals surface area (Å²) in [5, 5.41) is 10.9. The van der Waals surface area contributed by atoms with Crippen molar-refractivity contribution in [3.05, 3.63) is 83.9 Å². The molecule has 0 spiro atoms. The monoisotopic (exact) mass is 278 g/mol. The molecule has 0 bridgehead atoms. The van der Waals surface area contributed by atoms with Crippen LogP contribution in [0.25, 0.3) is 0 Å². The van der Waals surface area contributed by atoms with E-state index in [4.69, 9.17) is 0 Å². The van der Waals surface area contributed by atoms with E-state index in [0.717, 1.165) is 31.2 Å². The summed E-state index contributed by atoms with van der Waals surface area (Å²) >= 11 is 0. The van der Waals surface area contributed by atoms with E-state index in [2.05, 4.69) is 36.4 Å². The first kappa shape index (κ1) is 14.1. The Bertz CT molecular complexity index is 588. The van der Waals surface area contributed by atoms with Gasteiger partial charge in [-0.25, -0.2) is 0 Å². The van der Waals surface area contributed by atoms with E-state index in [1.807, 2.05) is 36.4 Å². The van der Waals surface area contributed by atoms with E-state index in [0.29, 0.717) is 0 Å². The molecule has 0 fully saturated rings. The molecule has 0 saturated heterocycles. The van der Waals surface area contributed by atoms with Crippen molar-refractivity contribution >= 4 is 0 Å². The topological polar surface area (TPSA) is 20.2 Å². The molecule has 0 aliphatic heterocycles. The van der Waals surface area contributed by atoms with Crippen molar-refractivity contribution in [3.63, 3.8) is 0 Å². The van der Waals surface area contributed by atoms with Crippen LogP contribution in [0.3, 0.4) is 0 Å². The van der Waals surface area contributed by atoms with E-state index in [9.17, 15) is 5.11 Å². The normalized spacial score (nSPS) is 22.3. The average Bonchev–Trinajstić information content (AvgIpc) is 3.04. The lowest BCUT2D eigenvalue weighted by Gasteiger charge is -2.33. The van der Waals surface area contributed by atoms with E-state index in [-0.39, 0.29) is 5.41 Å². The van der Waals surface area contributed by atoms with E-state index in [1.165, 1.54) is 5.56 Å². The summed E-state index contributed by atoms with van der Waals surface area (Å²) in [4.78, 5) is 0. The Kier molecular flexibility index (Phi) is 4.21. The molecule has 0 radical (unpaired) electrons. The highest BCUT2D eigenvalue weighted by Gasteiger charge is 2.37. The lowest BCUT2D eigenvalue weighted by Crippen LogP contribution is -2.25. The summed E-state index contributed by atoms with van der Waals surface area (Å²) in [6.45, 7) is 0. The molecule has 108 valence electrons. The molecule has 1 heteroatoms. The molecule has 0 unspecified atom stereocenters. The van der Waals surface area contributed by atoms with Crippen LogP contribution in [0.1, 0.15) is 36.5 Å². The van der Waals surface area contributed by atoms with Crippen LogP contribution in [0, 0.1) is 5.41 Å². The average molecular weight is 278 g/mol. The Labute approximate surface area is 127 Å². The third-order valence-corrected chi connectivity index (χ3v) is 4.61. The smallest absolute Gasteiger partial charge is 0.0880 e. The van der Waals surface area contributed by atoms with Crippen molar-refractivity contribution in [2.45, 2.75) is 31.8 Å². The van der Waals surface area contributed by atoms with Gasteiger partial charge in [-0.2, -0.15) is 0 Å². The van der Waals surface area contributed by atoms with Gasteiger partial charge < -0.3 is 5.11 Å². The summed E-state index contributed by atoms with van der Waals surface area (Å²) < 4.78 is 0. The minimum atomic E-state index is -0.416. The molecule has 21 heavy (non-hydrogen) atoms. The van der Waals surface area contributed by atoms with Crippen molar-refractivity contribution in [2.24, 2.45) is 5.41 Å². The van der Waals surface area contributed by atoms with Gasteiger partial charge in [0.2, 0.25) is 0 Å². The molecule has 2 aromatic carbocycles. The fourth-order valence-electron chi connectivity index (χ4n) is 3.32. The molecule has 1 N–H and O–H groups in total. The van der Waals surface area contributed by atoms with E-state index in [1.54, 1.807) is 0 Å².